The summed E-state index contributed by atoms with van der Waals surface area (Å²) >= 11 is 6.40. The fourth-order valence-electron chi connectivity index (χ4n) is 3.81. The van der Waals surface area contributed by atoms with Gasteiger partial charge in [-0.2, -0.15) is 5.10 Å². The molecule has 2 heterocycles. The van der Waals surface area contributed by atoms with Crippen LogP contribution in [-0.2, 0) is 13.5 Å². The Hall–Kier alpha value is -2.01. The van der Waals surface area contributed by atoms with Crippen molar-refractivity contribution in [3.8, 4) is 0 Å². The maximum absolute atomic E-state index is 12.8. The zero-order chi connectivity index (χ0) is 19.6. The van der Waals surface area contributed by atoms with E-state index in [9.17, 15) is 4.79 Å². The number of halogens is 1. The first kappa shape index (κ1) is 19.7. The van der Waals surface area contributed by atoms with Crippen LogP contribution in [0.15, 0.2) is 18.2 Å². The molecule has 3 rings (SSSR count). The lowest BCUT2D eigenvalue weighted by molar-refractivity contribution is 0.0940. The van der Waals surface area contributed by atoms with E-state index >= 15 is 0 Å². The quantitative estimate of drug-likeness (QED) is 0.840. The Balaban J connectivity index is 1.70. The van der Waals surface area contributed by atoms with Gasteiger partial charge in [-0.25, -0.2) is 0 Å². The molecule has 1 unspecified atom stereocenters. The molecule has 1 saturated heterocycles. The summed E-state index contributed by atoms with van der Waals surface area (Å²) in [7, 11) is 1.95. The van der Waals surface area contributed by atoms with Crippen LogP contribution in [0, 0.1) is 13.8 Å². The number of aryl methyl sites for hydroxylation is 2. The van der Waals surface area contributed by atoms with Gasteiger partial charge >= 0.3 is 0 Å². The van der Waals surface area contributed by atoms with Crippen molar-refractivity contribution in [2.75, 3.05) is 18.0 Å². The molecule has 0 radical (unpaired) electrons. The minimum Gasteiger partial charge on any atom is -0.370 e. The fourth-order valence-corrected chi connectivity index (χ4v) is 4.05. The third kappa shape index (κ3) is 4.46. The van der Waals surface area contributed by atoms with Crippen molar-refractivity contribution in [3.63, 3.8) is 0 Å². The van der Waals surface area contributed by atoms with Gasteiger partial charge in [0.25, 0.3) is 5.91 Å². The van der Waals surface area contributed by atoms with Crippen LogP contribution in [0.5, 0.6) is 0 Å². The fraction of sp³-hybridized carbons (Fsp3) is 0.524. The summed E-state index contributed by atoms with van der Waals surface area (Å²) < 4.78 is 1.89. The first-order valence-corrected chi connectivity index (χ1v) is 10.1. The van der Waals surface area contributed by atoms with E-state index < -0.39 is 0 Å². The van der Waals surface area contributed by atoms with Gasteiger partial charge in [0.2, 0.25) is 0 Å². The van der Waals surface area contributed by atoms with Crippen LogP contribution in [0.2, 0.25) is 5.02 Å². The molecule has 6 heteroatoms. The van der Waals surface area contributed by atoms with Crippen LogP contribution in [0.25, 0.3) is 0 Å². The van der Waals surface area contributed by atoms with Crippen molar-refractivity contribution in [2.24, 2.45) is 7.05 Å². The van der Waals surface area contributed by atoms with E-state index in [1.807, 2.05) is 37.7 Å². The Kier molecular flexibility index (Phi) is 6.10. The smallest absolute Gasteiger partial charge is 0.251 e. The highest BCUT2D eigenvalue weighted by atomic mass is 35.5. The van der Waals surface area contributed by atoms with Crippen LogP contribution in [0.4, 0.5) is 5.69 Å². The van der Waals surface area contributed by atoms with E-state index in [0.29, 0.717) is 10.6 Å². The van der Waals surface area contributed by atoms with Gasteiger partial charge < -0.3 is 10.2 Å². The summed E-state index contributed by atoms with van der Waals surface area (Å²) in [5.41, 5.74) is 5.00. The number of carbonyl (C=O) groups is 1. The predicted molar refractivity (Wildman–Crippen MR) is 111 cm³/mol. The van der Waals surface area contributed by atoms with Crippen LogP contribution in [-0.4, -0.2) is 34.8 Å². The predicted octanol–water partition coefficient (Wildman–Crippen LogP) is 4.04. The molecule has 27 heavy (non-hydrogen) atoms. The molecule has 1 amide bonds. The summed E-state index contributed by atoms with van der Waals surface area (Å²) in [4.78, 5) is 15.1. The number of rotatable bonds is 5. The Morgan fingerprint density at radius 3 is 2.59 bits per heavy atom. The lowest BCUT2D eigenvalue weighted by Gasteiger charge is -2.30. The summed E-state index contributed by atoms with van der Waals surface area (Å²) in [5.74, 6) is -0.0587. The minimum absolute atomic E-state index is 0.0215. The van der Waals surface area contributed by atoms with E-state index in [1.165, 1.54) is 24.8 Å². The minimum atomic E-state index is -0.0587. The molecule has 146 valence electrons. The molecule has 1 aromatic heterocycles. The number of hydrogen-bond acceptors (Lipinski definition) is 3. The van der Waals surface area contributed by atoms with Crippen molar-refractivity contribution in [1.82, 2.24) is 15.1 Å². The summed E-state index contributed by atoms with van der Waals surface area (Å²) in [6.45, 7) is 8.11. The van der Waals surface area contributed by atoms with Gasteiger partial charge in [0, 0.05) is 37.4 Å². The molecule has 1 fully saturated rings. The van der Waals surface area contributed by atoms with Gasteiger partial charge in [-0.3, -0.25) is 9.48 Å². The van der Waals surface area contributed by atoms with Gasteiger partial charge in [0.15, 0.2) is 0 Å². The largest absolute Gasteiger partial charge is 0.370 e. The number of hydrogen-bond donors (Lipinski definition) is 1. The van der Waals surface area contributed by atoms with Crippen LogP contribution in [0.3, 0.4) is 0 Å². The number of nitrogens with one attached hydrogen (secondary N) is 1. The topological polar surface area (TPSA) is 50.2 Å². The first-order chi connectivity index (χ1) is 12.9. The molecule has 1 atom stereocenters. The van der Waals surface area contributed by atoms with Gasteiger partial charge in [-0.15, -0.1) is 0 Å². The second-order valence-electron chi connectivity index (χ2n) is 7.57. The SMILES string of the molecule is Cc1nn(C)c(C)c1CC(C)NC(=O)c1ccc(Cl)c(N2CCCCC2)c1. The number of piperidine rings is 1. The highest BCUT2D eigenvalue weighted by Gasteiger charge is 2.18. The Labute approximate surface area is 166 Å². The molecule has 1 aliphatic rings. The lowest BCUT2D eigenvalue weighted by atomic mass is 10.0. The molecule has 0 spiro atoms. The summed E-state index contributed by atoms with van der Waals surface area (Å²) in [6.07, 6.45) is 4.38. The summed E-state index contributed by atoms with van der Waals surface area (Å²) in [5, 5.41) is 8.29. The van der Waals surface area contributed by atoms with Crippen molar-refractivity contribution >= 4 is 23.2 Å². The maximum Gasteiger partial charge on any atom is 0.251 e. The number of aromatic nitrogens is 2. The zero-order valence-corrected chi connectivity index (χ0v) is 17.4. The highest BCUT2D eigenvalue weighted by Crippen LogP contribution is 2.29. The Morgan fingerprint density at radius 2 is 1.96 bits per heavy atom. The Morgan fingerprint density at radius 1 is 1.26 bits per heavy atom. The van der Waals surface area contributed by atoms with Gasteiger partial charge in [-0.05, 0) is 70.2 Å². The molecule has 5 nitrogen and oxygen atoms in total. The molecule has 0 saturated carbocycles. The molecule has 1 N–H and O–H groups in total. The van der Waals surface area contributed by atoms with E-state index in [0.717, 1.165) is 36.6 Å². The number of benzene rings is 1. The van der Waals surface area contributed by atoms with Gasteiger partial charge in [0.05, 0.1) is 16.4 Å². The molecular formula is C21H29ClN4O. The molecule has 1 aromatic carbocycles. The Bertz CT molecular complexity index is 824. The van der Waals surface area contributed by atoms with Gasteiger partial charge in [-0.1, -0.05) is 11.6 Å². The summed E-state index contributed by atoms with van der Waals surface area (Å²) in [6, 6.07) is 5.59. The molecule has 0 bridgehead atoms. The monoisotopic (exact) mass is 388 g/mol. The number of nitrogens with zero attached hydrogens (tertiary/aromatic N) is 3. The van der Waals surface area contributed by atoms with E-state index in [1.54, 1.807) is 6.07 Å². The van der Waals surface area contributed by atoms with Crippen molar-refractivity contribution in [1.29, 1.82) is 0 Å². The second-order valence-corrected chi connectivity index (χ2v) is 7.97. The molecular weight excluding hydrogens is 360 g/mol. The van der Waals surface area contributed by atoms with Crippen LogP contribution in [0.1, 0.15) is 53.5 Å². The lowest BCUT2D eigenvalue weighted by Crippen LogP contribution is -2.35. The zero-order valence-electron chi connectivity index (χ0n) is 16.7. The van der Waals surface area contributed by atoms with E-state index in [2.05, 4.69) is 22.2 Å². The average molecular weight is 389 g/mol. The highest BCUT2D eigenvalue weighted by molar-refractivity contribution is 6.33. The molecule has 1 aliphatic heterocycles. The van der Waals surface area contributed by atoms with Gasteiger partial charge in [0.1, 0.15) is 0 Å². The third-order valence-corrected chi connectivity index (χ3v) is 5.77. The standard InChI is InChI=1S/C21H29ClN4O/c1-14(12-18-15(2)24-25(4)16(18)3)23-21(27)17-8-9-19(22)20(13-17)26-10-6-5-7-11-26/h8-9,13-14H,5-7,10-12H2,1-4H3,(H,23,27). The average Bonchev–Trinajstić information content (AvgIpc) is 2.89. The van der Waals surface area contributed by atoms with E-state index in [-0.39, 0.29) is 11.9 Å². The normalized spacial score (nSPS) is 15.7. The molecule has 0 aliphatic carbocycles. The maximum atomic E-state index is 12.8. The second kappa shape index (κ2) is 8.34. The third-order valence-electron chi connectivity index (χ3n) is 5.45. The number of carbonyl (C=O) groups excluding carboxylic acids is 1. The van der Waals surface area contributed by atoms with Crippen LogP contribution < -0.4 is 10.2 Å². The van der Waals surface area contributed by atoms with Crippen LogP contribution >= 0.6 is 11.6 Å². The first-order valence-electron chi connectivity index (χ1n) is 9.71. The van der Waals surface area contributed by atoms with Crippen molar-refractivity contribution < 1.29 is 4.79 Å². The van der Waals surface area contributed by atoms with Crippen molar-refractivity contribution in [3.05, 3.63) is 45.7 Å². The number of amides is 1. The van der Waals surface area contributed by atoms with E-state index in [4.69, 9.17) is 11.6 Å². The van der Waals surface area contributed by atoms with Crippen molar-refractivity contribution in [2.45, 2.75) is 52.5 Å². The molecule has 2 aromatic rings. The number of anilines is 1.